The van der Waals surface area contributed by atoms with E-state index in [1.54, 1.807) is 0 Å². The van der Waals surface area contributed by atoms with Gasteiger partial charge in [0, 0.05) is 0 Å². The number of fused-ring (bicyclic) bond motifs is 4. The molecular formula is C110H84. The fraction of sp³-hybridized carbons (Fsp3) is 0.0364. The van der Waals surface area contributed by atoms with Crippen molar-refractivity contribution >= 4 is 43.1 Å². The van der Waals surface area contributed by atoms with Crippen molar-refractivity contribution in [1.82, 2.24) is 0 Å². The molecule has 19 rings (SSSR count). The molecule has 0 nitrogen and oxygen atoms in total. The maximum absolute atomic E-state index is 2.31. The molecule has 0 amide bonds. The zero-order valence-electron chi connectivity index (χ0n) is 62.6. The minimum atomic E-state index is 1.24. The van der Waals surface area contributed by atoms with Crippen molar-refractivity contribution in [2.45, 2.75) is 27.7 Å². The maximum atomic E-state index is 2.31. The fourth-order valence-corrected chi connectivity index (χ4v) is 14.9. The highest BCUT2D eigenvalue weighted by molar-refractivity contribution is 5.93. The summed E-state index contributed by atoms with van der Waals surface area (Å²) in [5.41, 5.74) is 32.7. The van der Waals surface area contributed by atoms with Gasteiger partial charge in [0.15, 0.2) is 0 Å². The Labute approximate surface area is 647 Å². The summed E-state index contributed by atoms with van der Waals surface area (Å²) in [7, 11) is 0. The van der Waals surface area contributed by atoms with Gasteiger partial charge in [-0.15, -0.1) is 0 Å². The lowest BCUT2D eigenvalue weighted by Gasteiger charge is -2.12. The summed E-state index contributed by atoms with van der Waals surface area (Å²) in [6, 6.07) is 157. The minimum Gasteiger partial charge on any atom is -0.0622 e. The Morgan fingerprint density at radius 2 is 0.273 bits per heavy atom. The Bertz CT molecular complexity index is 6390. The van der Waals surface area contributed by atoms with Gasteiger partial charge in [0.1, 0.15) is 0 Å². The molecule has 0 saturated carbocycles. The van der Waals surface area contributed by atoms with Crippen LogP contribution in [0.15, 0.2) is 437 Å². The second kappa shape index (κ2) is 32.9. The Morgan fingerprint density at radius 3 is 0.564 bits per heavy atom. The molecule has 0 radical (unpaired) electrons. The predicted octanol–water partition coefficient (Wildman–Crippen LogP) is 30.9. The summed E-state index contributed by atoms with van der Waals surface area (Å²) in [6.45, 7) is 8.61. The summed E-state index contributed by atoms with van der Waals surface area (Å²) in [4.78, 5) is 0. The summed E-state index contributed by atoms with van der Waals surface area (Å²) in [6.07, 6.45) is 0. The van der Waals surface area contributed by atoms with Crippen LogP contribution >= 0.6 is 0 Å². The van der Waals surface area contributed by atoms with Gasteiger partial charge in [-0.2, -0.15) is 0 Å². The number of benzene rings is 19. The van der Waals surface area contributed by atoms with E-state index in [2.05, 4.69) is 464 Å². The van der Waals surface area contributed by atoms with Crippen LogP contribution in [0.3, 0.4) is 0 Å². The van der Waals surface area contributed by atoms with Gasteiger partial charge in [0.2, 0.25) is 0 Å². The van der Waals surface area contributed by atoms with Crippen LogP contribution in [-0.2, 0) is 0 Å². The molecule has 0 heterocycles. The van der Waals surface area contributed by atoms with Crippen LogP contribution in [0.2, 0.25) is 0 Å². The second-order valence-corrected chi connectivity index (χ2v) is 28.8. The number of hydrogen-bond donors (Lipinski definition) is 0. The van der Waals surface area contributed by atoms with E-state index in [4.69, 9.17) is 0 Å². The first-order valence-electron chi connectivity index (χ1n) is 38.0. The van der Waals surface area contributed by atoms with Crippen LogP contribution in [0.5, 0.6) is 0 Å². The lowest BCUT2D eigenvalue weighted by atomic mass is 9.92. The standard InChI is InChI=1S/3C29H22.C23H18/c1-21-8-7-13-24(16-21)28-18-27(22-9-3-2-4-10-22)19-29(20-28)26-15-14-23-11-5-6-12-25(23)17-26;1-21-17-28(25-13-11-24(12-14-25)22-7-3-2-4-8-22)20-29(18-21)27-16-15-23-9-5-6-10-26(23)19-27;1-21-11-13-24(14-12-21)28-18-27(22-7-3-2-4-8-22)19-29(20-28)26-16-15-23-9-5-6-10-25(23)17-26;1-17-13-22(18-7-3-2-4-8-18)16-23(14-17)21-12-11-19-9-5-6-10-20(19)15-21/h3*2-20H,1H3;2-16H,1H3. The quantitative estimate of drug-likeness (QED) is 0.121. The number of rotatable bonds is 11. The third-order valence-electron chi connectivity index (χ3n) is 20.7. The monoisotopic (exact) mass is 1400 g/mol. The molecule has 524 valence electrons. The van der Waals surface area contributed by atoms with Crippen LogP contribution < -0.4 is 0 Å². The smallest absolute Gasteiger partial charge is 0.0171 e. The van der Waals surface area contributed by atoms with E-state index in [1.807, 2.05) is 0 Å². The maximum Gasteiger partial charge on any atom is -0.0171 e. The van der Waals surface area contributed by atoms with Crippen LogP contribution in [0, 0.1) is 27.7 Å². The SMILES string of the molecule is Cc1cc(-c2ccc(-c3ccccc3)cc2)cc(-c2ccc3ccccc3c2)c1.Cc1cc(-c2ccccc2)cc(-c2ccc3ccccc3c2)c1.Cc1ccc(-c2cc(-c3ccccc3)cc(-c3ccc4ccccc4c3)c2)cc1.Cc1cccc(-c2cc(-c3ccccc3)cc(-c3ccc4ccccc4c3)c2)c1. The van der Waals surface area contributed by atoms with Crippen LogP contribution in [0.4, 0.5) is 0 Å². The molecule has 0 aliphatic carbocycles. The molecule has 0 aliphatic rings. The minimum absolute atomic E-state index is 1.24. The Kier molecular flexibility index (Phi) is 21.1. The van der Waals surface area contributed by atoms with Crippen LogP contribution in [0.25, 0.3) is 165 Å². The molecule has 19 aromatic rings. The number of aryl methyl sites for hydroxylation is 4. The van der Waals surface area contributed by atoms with Gasteiger partial charge in [-0.25, -0.2) is 0 Å². The van der Waals surface area contributed by atoms with Crippen LogP contribution in [0.1, 0.15) is 22.3 Å². The van der Waals surface area contributed by atoms with Gasteiger partial charge < -0.3 is 0 Å². The van der Waals surface area contributed by atoms with Gasteiger partial charge in [-0.05, 0) is 277 Å². The molecule has 0 aromatic heterocycles. The lowest BCUT2D eigenvalue weighted by Crippen LogP contribution is -1.87. The lowest BCUT2D eigenvalue weighted by molar-refractivity contribution is 1.46. The van der Waals surface area contributed by atoms with Gasteiger partial charge >= 0.3 is 0 Å². The molecule has 19 aromatic carbocycles. The molecule has 0 unspecified atom stereocenters. The topological polar surface area (TPSA) is 0 Å². The zero-order valence-corrected chi connectivity index (χ0v) is 62.6. The Hall–Kier alpha value is -13.8. The van der Waals surface area contributed by atoms with E-state index in [9.17, 15) is 0 Å². The first-order chi connectivity index (χ1) is 54.1. The number of hydrogen-bond acceptors (Lipinski definition) is 0. The van der Waals surface area contributed by atoms with E-state index in [0.29, 0.717) is 0 Å². The Morgan fingerprint density at radius 1 is 0.0909 bits per heavy atom. The van der Waals surface area contributed by atoms with E-state index in [0.717, 1.165) is 0 Å². The summed E-state index contributed by atoms with van der Waals surface area (Å²) >= 11 is 0. The summed E-state index contributed by atoms with van der Waals surface area (Å²) in [5, 5.41) is 10.2. The van der Waals surface area contributed by atoms with Gasteiger partial charge in [0.25, 0.3) is 0 Å². The van der Waals surface area contributed by atoms with Crippen molar-refractivity contribution in [3.8, 4) is 122 Å². The molecular weight excluding hydrogens is 1320 g/mol. The second-order valence-electron chi connectivity index (χ2n) is 28.8. The summed E-state index contributed by atoms with van der Waals surface area (Å²) < 4.78 is 0. The van der Waals surface area contributed by atoms with E-state index in [-0.39, 0.29) is 0 Å². The van der Waals surface area contributed by atoms with E-state index < -0.39 is 0 Å². The highest BCUT2D eigenvalue weighted by Crippen LogP contribution is 2.39. The van der Waals surface area contributed by atoms with Crippen molar-refractivity contribution in [2.75, 3.05) is 0 Å². The van der Waals surface area contributed by atoms with Gasteiger partial charge in [-0.3, -0.25) is 0 Å². The average molecular weight is 1410 g/mol. The Balaban J connectivity index is 0.000000112. The zero-order chi connectivity index (χ0) is 74.5. The largest absolute Gasteiger partial charge is 0.0622 e. The molecule has 0 fully saturated rings. The molecule has 0 bridgehead atoms. The van der Waals surface area contributed by atoms with Crippen molar-refractivity contribution in [3.63, 3.8) is 0 Å². The first-order valence-corrected chi connectivity index (χ1v) is 38.0. The van der Waals surface area contributed by atoms with Crippen molar-refractivity contribution in [1.29, 1.82) is 0 Å². The summed E-state index contributed by atoms with van der Waals surface area (Å²) in [5.74, 6) is 0. The molecule has 110 heavy (non-hydrogen) atoms. The molecule has 0 N–H and O–H groups in total. The van der Waals surface area contributed by atoms with E-state index >= 15 is 0 Å². The fourth-order valence-electron chi connectivity index (χ4n) is 14.9. The van der Waals surface area contributed by atoms with Gasteiger partial charge in [-0.1, -0.05) is 375 Å². The van der Waals surface area contributed by atoms with Crippen molar-refractivity contribution < 1.29 is 0 Å². The molecule has 0 atom stereocenters. The van der Waals surface area contributed by atoms with Gasteiger partial charge in [0.05, 0.1) is 0 Å². The highest BCUT2D eigenvalue weighted by atomic mass is 14.2. The van der Waals surface area contributed by atoms with Crippen molar-refractivity contribution in [3.05, 3.63) is 459 Å². The molecule has 0 spiro atoms. The molecule has 0 heteroatoms. The first kappa shape index (κ1) is 70.5. The molecule has 0 saturated heterocycles. The predicted molar refractivity (Wildman–Crippen MR) is 475 cm³/mol. The highest BCUT2D eigenvalue weighted by Gasteiger charge is 2.13. The molecule has 0 aliphatic heterocycles. The van der Waals surface area contributed by atoms with Crippen molar-refractivity contribution in [2.24, 2.45) is 0 Å². The third-order valence-corrected chi connectivity index (χ3v) is 20.7. The third kappa shape index (κ3) is 16.9. The van der Waals surface area contributed by atoms with Crippen LogP contribution in [-0.4, -0.2) is 0 Å². The van der Waals surface area contributed by atoms with E-state index in [1.165, 1.54) is 188 Å². The normalized spacial score (nSPS) is 10.9. The average Bonchev–Trinajstić information content (AvgIpc) is 0.804.